The van der Waals surface area contributed by atoms with Gasteiger partial charge < -0.3 is 4.90 Å². The molecule has 1 amide bonds. The lowest BCUT2D eigenvalue weighted by Gasteiger charge is -2.21. The molecule has 0 saturated heterocycles. The van der Waals surface area contributed by atoms with Crippen molar-refractivity contribution >= 4 is 34.6 Å². The van der Waals surface area contributed by atoms with E-state index in [4.69, 9.17) is 0 Å². The standard InChI is InChI=1S/C18H16N2OS/c1-2-20(15-11-7-4-8-12-15)18-19-17(21)16(22-18)13-14-9-5-3-6-10-14/h3-13H,2H2,1H3. The zero-order valence-electron chi connectivity index (χ0n) is 12.3. The van der Waals surface area contributed by atoms with Gasteiger partial charge in [0.25, 0.3) is 5.91 Å². The second-order valence-electron chi connectivity index (χ2n) is 4.80. The summed E-state index contributed by atoms with van der Waals surface area (Å²) >= 11 is 1.43. The lowest BCUT2D eigenvalue weighted by molar-refractivity contribution is -0.113. The van der Waals surface area contributed by atoms with E-state index in [1.807, 2.05) is 66.7 Å². The van der Waals surface area contributed by atoms with Gasteiger partial charge in [-0.1, -0.05) is 48.5 Å². The molecule has 1 heterocycles. The second-order valence-corrected chi connectivity index (χ2v) is 5.81. The van der Waals surface area contributed by atoms with Crippen molar-refractivity contribution in [3.63, 3.8) is 0 Å². The van der Waals surface area contributed by atoms with Crippen LogP contribution in [-0.2, 0) is 4.79 Å². The second kappa shape index (κ2) is 6.62. The van der Waals surface area contributed by atoms with E-state index in [1.165, 1.54) is 11.8 Å². The van der Waals surface area contributed by atoms with Crippen LogP contribution in [0.15, 0.2) is 70.6 Å². The Morgan fingerprint density at radius 3 is 2.32 bits per heavy atom. The number of hydrogen-bond donors (Lipinski definition) is 0. The van der Waals surface area contributed by atoms with Crippen LogP contribution >= 0.6 is 11.8 Å². The maximum atomic E-state index is 12.1. The van der Waals surface area contributed by atoms with E-state index < -0.39 is 0 Å². The summed E-state index contributed by atoms with van der Waals surface area (Å²) in [5.74, 6) is -0.168. The SMILES string of the molecule is CCN(C1=NC(=O)C(=Cc2ccccc2)S1)c1ccccc1. The summed E-state index contributed by atoms with van der Waals surface area (Å²) in [5, 5.41) is 0.737. The molecule has 2 aromatic rings. The quantitative estimate of drug-likeness (QED) is 0.797. The number of carbonyl (C=O) groups is 1. The van der Waals surface area contributed by atoms with Crippen LogP contribution in [0.2, 0.25) is 0 Å². The monoisotopic (exact) mass is 308 g/mol. The number of para-hydroxylation sites is 1. The Kier molecular flexibility index (Phi) is 4.39. The van der Waals surface area contributed by atoms with Gasteiger partial charge >= 0.3 is 0 Å². The average Bonchev–Trinajstić information content (AvgIpc) is 2.91. The first-order valence-corrected chi connectivity index (χ1v) is 8.00. The van der Waals surface area contributed by atoms with Gasteiger partial charge in [0.05, 0.1) is 4.91 Å². The number of aliphatic imine (C=N–C) groups is 1. The van der Waals surface area contributed by atoms with Crippen molar-refractivity contribution < 1.29 is 4.79 Å². The first-order valence-electron chi connectivity index (χ1n) is 7.18. The molecule has 0 fully saturated rings. The lowest BCUT2D eigenvalue weighted by atomic mass is 10.2. The minimum absolute atomic E-state index is 0.168. The van der Waals surface area contributed by atoms with E-state index in [-0.39, 0.29) is 5.91 Å². The molecule has 0 N–H and O–H groups in total. The lowest BCUT2D eigenvalue weighted by Crippen LogP contribution is -2.26. The highest BCUT2D eigenvalue weighted by Crippen LogP contribution is 2.32. The fourth-order valence-electron chi connectivity index (χ4n) is 2.25. The number of thioether (sulfide) groups is 1. The molecule has 0 atom stereocenters. The third kappa shape index (κ3) is 3.12. The Hall–Kier alpha value is -2.33. The maximum absolute atomic E-state index is 12.1. The van der Waals surface area contributed by atoms with Gasteiger partial charge in [-0.2, -0.15) is 4.99 Å². The Bertz CT molecular complexity index is 723. The number of amides is 1. The van der Waals surface area contributed by atoms with Crippen LogP contribution in [0.1, 0.15) is 12.5 Å². The normalized spacial score (nSPS) is 16.0. The number of carbonyl (C=O) groups excluding carboxylic acids is 1. The van der Waals surface area contributed by atoms with Crippen molar-refractivity contribution in [2.45, 2.75) is 6.92 Å². The average molecular weight is 308 g/mol. The number of hydrogen-bond acceptors (Lipinski definition) is 3. The van der Waals surface area contributed by atoms with Crippen molar-refractivity contribution in [1.82, 2.24) is 0 Å². The summed E-state index contributed by atoms with van der Waals surface area (Å²) in [7, 11) is 0. The molecule has 4 heteroatoms. The summed E-state index contributed by atoms with van der Waals surface area (Å²) < 4.78 is 0. The number of nitrogens with zero attached hydrogens (tertiary/aromatic N) is 2. The molecule has 0 radical (unpaired) electrons. The van der Waals surface area contributed by atoms with Crippen molar-refractivity contribution in [2.75, 3.05) is 11.4 Å². The third-order valence-corrected chi connectivity index (χ3v) is 4.33. The molecule has 22 heavy (non-hydrogen) atoms. The minimum atomic E-state index is -0.168. The summed E-state index contributed by atoms with van der Waals surface area (Å²) in [5.41, 5.74) is 2.06. The number of benzene rings is 2. The Morgan fingerprint density at radius 2 is 1.68 bits per heavy atom. The highest BCUT2D eigenvalue weighted by atomic mass is 32.2. The summed E-state index contributed by atoms with van der Waals surface area (Å²) in [6, 6.07) is 19.8. The molecule has 1 aliphatic rings. The van der Waals surface area contributed by atoms with Gasteiger partial charge in [-0.25, -0.2) is 0 Å². The van der Waals surface area contributed by atoms with E-state index in [0.29, 0.717) is 4.91 Å². The minimum Gasteiger partial charge on any atom is -0.321 e. The van der Waals surface area contributed by atoms with Crippen LogP contribution in [0.4, 0.5) is 5.69 Å². The molecule has 0 aliphatic carbocycles. The van der Waals surface area contributed by atoms with Gasteiger partial charge in [0.1, 0.15) is 0 Å². The van der Waals surface area contributed by atoms with Crippen molar-refractivity contribution in [2.24, 2.45) is 4.99 Å². The highest BCUT2D eigenvalue weighted by molar-refractivity contribution is 8.18. The first kappa shape index (κ1) is 14.6. The zero-order valence-corrected chi connectivity index (χ0v) is 13.1. The smallest absolute Gasteiger partial charge is 0.286 e. The van der Waals surface area contributed by atoms with Crippen molar-refractivity contribution in [3.8, 4) is 0 Å². The summed E-state index contributed by atoms with van der Waals surface area (Å²) in [6.45, 7) is 2.82. The van der Waals surface area contributed by atoms with E-state index in [9.17, 15) is 4.79 Å². The molecule has 0 bridgehead atoms. The topological polar surface area (TPSA) is 32.7 Å². The summed E-state index contributed by atoms with van der Waals surface area (Å²) in [6.07, 6.45) is 1.89. The van der Waals surface area contributed by atoms with E-state index in [2.05, 4.69) is 16.8 Å². The number of rotatable bonds is 3. The fourth-order valence-corrected chi connectivity index (χ4v) is 3.25. The Labute approximate surface area is 134 Å². The molecular formula is C18H16N2OS. The molecule has 0 saturated carbocycles. The van der Waals surface area contributed by atoms with Crippen molar-refractivity contribution in [1.29, 1.82) is 0 Å². The fraction of sp³-hybridized carbons (Fsp3) is 0.111. The molecule has 3 nitrogen and oxygen atoms in total. The molecule has 3 rings (SSSR count). The van der Waals surface area contributed by atoms with Gasteiger partial charge in [-0.15, -0.1) is 0 Å². The van der Waals surface area contributed by atoms with Crippen LogP contribution in [0.5, 0.6) is 0 Å². The molecule has 1 aliphatic heterocycles. The third-order valence-electron chi connectivity index (χ3n) is 3.32. The largest absolute Gasteiger partial charge is 0.321 e. The van der Waals surface area contributed by atoms with Crippen LogP contribution in [0, 0.1) is 0 Å². The van der Waals surface area contributed by atoms with Crippen molar-refractivity contribution in [3.05, 3.63) is 71.1 Å². The Balaban J connectivity index is 1.84. The van der Waals surface area contributed by atoms with Crippen LogP contribution in [0.25, 0.3) is 6.08 Å². The first-order chi connectivity index (χ1) is 10.8. The number of amidine groups is 1. The maximum Gasteiger partial charge on any atom is 0.286 e. The zero-order chi connectivity index (χ0) is 15.4. The van der Waals surface area contributed by atoms with Gasteiger partial charge in [0.2, 0.25) is 0 Å². The molecule has 2 aromatic carbocycles. The molecule has 0 unspecified atom stereocenters. The number of anilines is 1. The molecular weight excluding hydrogens is 292 g/mol. The van der Waals surface area contributed by atoms with Gasteiger partial charge in [0.15, 0.2) is 5.17 Å². The predicted octanol–water partition coefficient (Wildman–Crippen LogP) is 4.18. The highest BCUT2D eigenvalue weighted by Gasteiger charge is 2.26. The molecule has 0 aromatic heterocycles. The molecule has 110 valence electrons. The van der Waals surface area contributed by atoms with Gasteiger partial charge in [-0.3, -0.25) is 4.79 Å². The predicted molar refractivity (Wildman–Crippen MR) is 93.9 cm³/mol. The van der Waals surface area contributed by atoms with Gasteiger partial charge in [-0.05, 0) is 42.5 Å². The summed E-state index contributed by atoms with van der Waals surface area (Å²) in [4.78, 5) is 19.1. The van der Waals surface area contributed by atoms with Crippen LogP contribution < -0.4 is 4.90 Å². The van der Waals surface area contributed by atoms with E-state index in [0.717, 1.165) is 23.0 Å². The van der Waals surface area contributed by atoms with Crippen LogP contribution in [-0.4, -0.2) is 17.6 Å². The van der Waals surface area contributed by atoms with Gasteiger partial charge in [0, 0.05) is 12.2 Å². The van der Waals surface area contributed by atoms with E-state index in [1.54, 1.807) is 0 Å². The Morgan fingerprint density at radius 1 is 1.05 bits per heavy atom. The van der Waals surface area contributed by atoms with E-state index >= 15 is 0 Å². The van der Waals surface area contributed by atoms with Crippen LogP contribution in [0.3, 0.4) is 0 Å². The molecule has 0 spiro atoms.